The van der Waals surface area contributed by atoms with Gasteiger partial charge in [0, 0.05) is 6.42 Å². The van der Waals surface area contributed by atoms with E-state index >= 15 is 0 Å². The van der Waals surface area contributed by atoms with Crippen LogP contribution >= 0.6 is 0 Å². The second-order valence-electron chi connectivity index (χ2n) is 13.4. The lowest BCUT2D eigenvalue weighted by Crippen LogP contribution is -2.45. The quantitative estimate of drug-likeness (QED) is 0.0488. The van der Waals surface area contributed by atoms with E-state index in [4.69, 9.17) is 0 Å². The Kier molecular flexibility index (Phi) is 35.4. The highest BCUT2D eigenvalue weighted by atomic mass is 16.3. The van der Waals surface area contributed by atoms with Crippen molar-refractivity contribution in [3.63, 3.8) is 0 Å². The fourth-order valence-corrected chi connectivity index (χ4v) is 5.92. The van der Waals surface area contributed by atoms with E-state index in [1.54, 1.807) is 0 Å². The molecule has 0 radical (unpaired) electrons. The van der Waals surface area contributed by atoms with Crippen molar-refractivity contribution >= 4 is 5.91 Å². The predicted molar refractivity (Wildman–Crippen MR) is 193 cm³/mol. The summed E-state index contributed by atoms with van der Waals surface area (Å²) in [4.78, 5) is 12.3. The van der Waals surface area contributed by atoms with Crippen LogP contribution in [0.5, 0.6) is 0 Å². The molecule has 0 saturated carbocycles. The average molecular weight is 620 g/mol. The summed E-state index contributed by atoms with van der Waals surface area (Å²) in [5.41, 5.74) is 0. The zero-order valence-corrected chi connectivity index (χ0v) is 29.7. The molecule has 0 fully saturated rings. The molecule has 0 aliphatic heterocycles. The molecule has 4 heteroatoms. The Balaban J connectivity index is 3.57. The molecule has 0 aromatic rings. The Labute approximate surface area is 275 Å². The van der Waals surface area contributed by atoms with Crippen LogP contribution in [0.15, 0.2) is 24.3 Å². The van der Waals surface area contributed by atoms with Gasteiger partial charge in [0.2, 0.25) is 5.91 Å². The summed E-state index contributed by atoms with van der Waals surface area (Å²) in [6.45, 7) is 4.33. The number of hydrogen-bond donors (Lipinski definition) is 3. The fraction of sp³-hybridized carbons (Fsp3) is 0.875. The second kappa shape index (κ2) is 36.3. The molecule has 0 heterocycles. The van der Waals surface area contributed by atoms with Gasteiger partial charge in [0.1, 0.15) is 0 Å². The maximum atomic E-state index is 12.3. The van der Waals surface area contributed by atoms with Crippen LogP contribution in [0.4, 0.5) is 0 Å². The van der Waals surface area contributed by atoms with Crippen LogP contribution in [0.3, 0.4) is 0 Å². The van der Waals surface area contributed by atoms with E-state index in [0.29, 0.717) is 12.8 Å². The smallest absolute Gasteiger partial charge is 0.220 e. The summed E-state index contributed by atoms with van der Waals surface area (Å²) in [6.07, 6.45) is 45.2. The van der Waals surface area contributed by atoms with Crippen molar-refractivity contribution in [2.45, 2.75) is 219 Å². The lowest BCUT2D eigenvalue weighted by molar-refractivity contribution is -0.123. The van der Waals surface area contributed by atoms with Crippen LogP contribution in [-0.2, 0) is 4.79 Å². The van der Waals surface area contributed by atoms with E-state index < -0.39 is 12.1 Å². The van der Waals surface area contributed by atoms with Gasteiger partial charge in [-0.2, -0.15) is 0 Å². The van der Waals surface area contributed by atoms with Gasteiger partial charge in [0.25, 0.3) is 0 Å². The number of amides is 1. The molecule has 0 aromatic heterocycles. The number of unbranched alkanes of at least 4 members (excludes halogenated alkanes) is 24. The van der Waals surface area contributed by atoms with Crippen LogP contribution in [0.2, 0.25) is 0 Å². The standard InChI is InChI=1S/C40H77NO3/c1-3-5-7-9-11-13-15-17-19-21-23-25-27-29-31-33-35-39(43)38(37-42)41-40(44)36-34-32-30-28-26-24-22-20-18-16-14-12-10-8-6-4-2/h14,16,20,22,38-39,42-43H,3-13,15,17-19,21,23-37H2,1-2H3,(H,41,44)/b16-14-,22-20-. The Bertz CT molecular complexity index is 632. The van der Waals surface area contributed by atoms with Gasteiger partial charge in [-0.25, -0.2) is 0 Å². The molecule has 2 unspecified atom stereocenters. The first kappa shape index (κ1) is 42.9. The molecule has 1 amide bonds. The Morgan fingerprint density at radius 3 is 1.39 bits per heavy atom. The lowest BCUT2D eigenvalue weighted by atomic mass is 10.0. The molecule has 4 nitrogen and oxygen atoms in total. The van der Waals surface area contributed by atoms with Crippen LogP contribution < -0.4 is 5.32 Å². The topological polar surface area (TPSA) is 69.6 Å². The molecule has 2 atom stereocenters. The highest BCUT2D eigenvalue weighted by Gasteiger charge is 2.19. The number of hydrogen-bond acceptors (Lipinski definition) is 3. The van der Waals surface area contributed by atoms with Gasteiger partial charge in [-0.3, -0.25) is 4.79 Å². The van der Waals surface area contributed by atoms with E-state index in [9.17, 15) is 15.0 Å². The minimum absolute atomic E-state index is 0.0450. The zero-order valence-electron chi connectivity index (χ0n) is 29.7. The molecule has 3 N–H and O–H groups in total. The first-order valence-electron chi connectivity index (χ1n) is 19.5. The van der Waals surface area contributed by atoms with Crippen molar-refractivity contribution in [3.8, 4) is 0 Å². The maximum absolute atomic E-state index is 12.3. The van der Waals surface area contributed by atoms with Crippen molar-refractivity contribution < 1.29 is 15.0 Å². The number of carbonyl (C=O) groups is 1. The van der Waals surface area contributed by atoms with Gasteiger partial charge >= 0.3 is 0 Å². The molecular formula is C40H77NO3. The third-order valence-corrected chi connectivity index (χ3v) is 8.97. The number of nitrogens with one attached hydrogen (secondary N) is 1. The molecular weight excluding hydrogens is 542 g/mol. The second-order valence-corrected chi connectivity index (χ2v) is 13.4. The van der Waals surface area contributed by atoms with E-state index in [2.05, 4.69) is 43.5 Å². The monoisotopic (exact) mass is 620 g/mol. The summed E-state index contributed by atoms with van der Waals surface area (Å²) >= 11 is 0. The summed E-state index contributed by atoms with van der Waals surface area (Å²) < 4.78 is 0. The number of aliphatic hydroxyl groups excluding tert-OH is 2. The number of carbonyl (C=O) groups excluding carboxylic acids is 1. The van der Waals surface area contributed by atoms with Gasteiger partial charge in [0.15, 0.2) is 0 Å². The summed E-state index contributed by atoms with van der Waals surface area (Å²) in [5, 5.41) is 23.1. The van der Waals surface area contributed by atoms with Gasteiger partial charge in [-0.05, 0) is 44.9 Å². The van der Waals surface area contributed by atoms with Gasteiger partial charge < -0.3 is 15.5 Å². The Hall–Kier alpha value is -1.13. The van der Waals surface area contributed by atoms with Crippen molar-refractivity contribution in [3.05, 3.63) is 24.3 Å². The molecule has 44 heavy (non-hydrogen) atoms. The normalized spacial score (nSPS) is 13.3. The fourth-order valence-electron chi connectivity index (χ4n) is 5.92. The third kappa shape index (κ3) is 32.3. The number of aliphatic hydroxyl groups is 2. The van der Waals surface area contributed by atoms with Crippen molar-refractivity contribution in [1.82, 2.24) is 5.32 Å². The van der Waals surface area contributed by atoms with Crippen LogP contribution in [0, 0.1) is 0 Å². The van der Waals surface area contributed by atoms with Crippen molar-refractivity contribution in [1.29, 1.82) is 0 Å². The minimum atomic E-state index is -0.662. The summed E-state index contributed by atoms with van der Waals surface area (Å²) in [5.74, 6) is -0.0450. The van der Waals surface area contributed by atoms with Crippen molar-refractivity contribution in [2.75, 3.05) is 6.61 Å². The molecule has 0 spiro atoms. The average Bonchev–Trinajstić information content (AvgIpc) is 3.03. The minimum Gasteiger partial charge on any atom is -0.394 e. The Morgan fingerprint density at radius 2 is 0.932 bits per heavy atom. The maximum Gasteiger partial charge on any atom is 0.220 e. The van der Waals surface area contributed by atoms with E-state index in [-0.39, 0.29) is 12.5 Å². The highest BCUT2D eigenvalue weighted by molar-refractivity contribution is 5.76. The largest absolute Gasteiger partial charge is 0.394 e. The van der Waals surface area contributed by atoms with Crippen molar-refractivity contribution in [2.24, 2.45) is 0 Å². The molecule has 0 aliphatic carbocycles. The first-order valence-corrected chi connectivity index (χ1v) is 19.5. The number of allylic oxidation sites excluding steroid dienone is 4. The van der Waals surface area contributed by atoms with Crippen LogP contribution in [0.25, 0.3) is 0 Å². The number of rotatable bonds is 35. The molecule has 0 saturated heterocycles. The van der Waals surface area contributed by atoms with E-state index in [0.717, 1.165) is 44.9 Å². The zero-order chi connectivity index (χ0) is 32.2. The predicted octanol–water partition coefficient (Wildman–Crippen LogP) is 11.7. The van der Waals surface area contributed by atoms with Crippen LogP contribution in [-0.4, -0.2) is 34.9 Å². The lowest BCUT2D eigenvalue weighted by Gasteiger charge is -2.22. The van der Waals surface area contributed by atoms with E-state index in [1.807, 2.05) is 0 Å². The summed E-state index contributed by atoms with van der Waals surface area (Å²) in [7, 11) is 0. The van der Waals surface area contributed by atoms with Gasteiger partial charge in [-0.15, -0.1) is 0 Å². The van der Waals surface area contributed by atoms with Crippen LogP contribution in [0.1, 0.15) is 206 Å². The third-order valence-electron chi connectivity index (χ3n) is 8.97. The molecule has 0 aliphatic rings. The van der Waals surface area contributed by atoms with E-state index in [1.165, 1.54) is 135 Å². The highest BCUT2D eigenvalue weighted by Crippen LogP contribution is 2.15. The van der Waals surface area contributed by atoms with Gasteiger partial charge in [-0.1, -0.05) is 179 Å². The molecule has 0 rings (SSSR count). The summed E-state index contributed by atoms with van der Waals surface area (Å²) in [6, 6.07) is -0.540. The molecule has 0 aromatic carbocycles. The molecule has 260 valence electrons. The SMILES string of the molecule is CCCCCC/C=C\C/C=C\CCCCCCCC(=O)NC(CO)C(O)CCCCCCCCCCCCCCCCCC. The Morgan fingerprint density at radius 1 is 0.545 bits per heavy atom. The first-order chi connectivity index (χ1) is 21.7. The molecule has 0 bridgehead atoms. The van der Waals surface area contributed by atoms with Gasteiger partial charge in [0.05, 0.1) is 18.8 Å².